The van der Waals surface area contributed by atoms with E-state index in [9.17, 15) is 5.11 Å². The number of benzene rings is 2. The van der Waals surface area contributed by atoms with Crippen LogP contribution in [-0.2, 0) is 12.0 Å². The predicted molar refractivity (Wildman–Crippen MR) is 132 cm³/mol. The molecule has 0 spiro atoms. The Morgan fingerprint density at radius 1 is 0.906 bits per heavy atom. The third kappa shape index (κ3) is 4.35. The molecule has 4 nitrogen and oxygen atoms in total. The topological polar surface area (TPSA) is 31.6 Å². The molecule has 5 rings (SSSR count). The third-order valence-corrected chi connectivity index (χ3v) is 7.36. The summed E-state index contributed by atoms with van der Waals surface area (Å²) in [6.07, 6.45) is 9.34. The molecular weight excluding hydrogens is 394 g/mol. The largest absolute Gasteiger partial charge is 0.385 e. The standard InChI is InChI=1S/C28H35N3O/c1-22-5-10-27(30-17-15-29(2)16-18-30)24(19-22)20-23-11-14-31(21-23)26-8-6-25(7-9-26)28(32)12-3-4-13-28/h5-11,14,19,21,32H,3-4,12-13,15-18,20H2,1-2H3. The minimum absolute atomic E-state index is 0.620. The molecule has 1 N–H and O–H groups in total. The maximum Gasteiger partial charge on any atom is 0.0896 e. The van der Waals surface area contributed by atoms with Gasteiger partial charge in [-0.15, -0.1) is 0 Å². The highest BCUT2D eigenvalue weighted by Gasteiger charge is 2.32. The minimum Gasteiger partial charge on any atom is -0.385 e. The summed E-state index contributed by atoms with van der Waals surface area (Å²) in [5.41, 5.74) is 7.01. The van der Waals surface area contributed by atoms with Gasteiger partial charge in [-0.1, -0.05) is 42.7 Å². The Kier molecular flexibility index (Phi) is 5.83. The molecule has 0 radical (unpaired) electrons. The Hall–Kier alpha value is -2.56. The van der Waals surface area contributed by atoms with Gasteiger partial charge < -0.3 is 19.5 Å². The van der Waals surface area contributed by atoms with Crippen LogP contribution in [0.5, 0.6) is 0 Å². The van der Waals surface area contributed by atoms with E-state index in [2.05, 4.69) is 89.3 Å². The number of hydrogen-bond donors (Lipinski definition) is 1. The molecule has 4 heteroatoms. The van der Waals surface area contributed by atoms with Gasteiger partial charge in [-0.05, 0) is 67.8 Å². The van der Waals surface area contributed by atoms with E-state index in [-0.39, 0.29) is 0 Å². The number of rotatable bonds is 5. The van der Waals surface area contributed by atoms with Gasteiger partial charge in [-0.3, -0.25) is 0 Å². The van der Waals surface area contributed by atoms with E-state index in [1.807, 2.05) is 0 Å². The lowest BCUT2D eigenvalue weighted by Gasteiger charge is -2.35. The molecule has 1 saturated heterocycles. The zero-order chi connectivity index (χ0) is 22.1. The first-order valence-corrected chi connectivity index (χ1v) is 12.0. The van der Waals surface area contributed by atoms with Gasteiger partial charge >= 0.3 is 0 Å². The molecule has 3 aromatic rings. The molecule has 2 aliphatic rings. The van der Waals surface area contributed by atoms with Gasteiger partial charge in [0.25, 0.3) is 0 Å². The number of likely N-dealkylation sites (N-methyl/N-ethyl adjacent to an activating group) is 1. The van der Waals surface area contributed by atoms with E-state index in [1.54, 1.807) is 0 Å². The lowest BCUT2D eigenvalue weighted by Crippen LogP contribution is -2.44. The predicted octanol–water partition coefficient (Wildman–Crippen LogP) is 4.89. The number of aromatic nitrogens is 1. The zero-order valence-electron chi connectivity index (χ0n) is 19.4. The summed E-state index contributed by atoms with van der Waals surface area (Å²) >= 11 is 0. The second-order valence-corrected chi connectivity index (χ2v) is 9.81. The molecule has 0 atom stereocenters. The van der Waals surface area contributed by atoms with Crippen LogP contribution >= 0.6 is 0 Å². The average molecular weight is 430 g/mol. The summed E-state index contributed by atoms with van der Waals surface area (Å²) < 4.78 is 2.20. The SMILES string of the molecule is Cc1ccc(N2CCN(C)CC2)c(Cc2ccn(-c3ccc(C4(O)CCCC4)cc3)c2)c1. The first-order valence-electron chi connectivity index (χ1n) is 12.0. The molecule has 2 aromatic carbocycles. The Morgan fingerprint density at radius 2 is 1.62 bits per heavy atom. The van der Waals surface area contributed by atoms with Gasteiger partial charge in [0, 0.05) is 56.4 Å². The first kappa shape index (κ1) is 21.3. The summed E-state index contributed by atoms with van der Waals surface area (Å²) in [7, 11) is 2.21. The number of hydrogen-bond acceptors (Lipinski definition) is 3. The van der Waals surface area contributed by atoms with Gasteiger partial charge in [0.1, 0.15) is 0 Å². The van der Waals surface area contributed by atoms with E-state index >= 15 is 0 Å². The highest BCUT2D eigenvalue weighted by atomic mass is 16.3. The Balaban J connectivity index is 1.34. The van der Waals surface area contributed by atoms with Crippen LogP contribution in [-0.4, -0.2) is 47.8 Å². The second-order valence-electron chi connectivity index (χ2n) is 9.81. The van der Waals surface area contributed by atoms with Crippen LogP contribution in [0.2, 0.25) is 0 Å². The van der Waals surface area contributed by atoms with Crippen molar-refractivity contribution in [3.05, 3.63) is 83.2 Å². The lowest BCUT2D eigenvalue weighted by molar-refractivity contribution is 0.0445. The maximum absolute atomic E-state index is 10.8. The van der Waals surface area contributed by atoms with Crippen molar-refractivity contribution in [1.29, 1.82) is 0 Å². The molecule has 0 bridgehead atoms. The number of anilines is 1. The van der Waals surface area contributed by atoms with Gasteiger partial charge in [0.05, 0.1) is 5.60 Å². The van der Waals surface area contributed by atoms with Crippen LogP contribution in [0, 0.1) is 6.92 Å². The number of aliphatic hydroxyl groups is 1. The van der Waals surface area contributed by atoms with Crippen LogP contribution in [0.4, 0.5) is 5.69 Å². The quantitative estimate of drug-likeness (QED) is 0.627. The van der Waals surface area contributed by atoms with Crippen LogP contribution in [0.1, 0.15) is 47.9 Å². The van der Waals surface area contributed by atoms with E-state index < -0.39 is 5.60 Å². The van der Waals surface area contributed by atoms with Crippen molar-refractivity contribution >= 4 is 5.69 Å². The van der Waals surface area contributed by atoms with Gasteiger partial charge in [0.2, 0.25) is 0 Å². The van der Waals surface area contributed by atoms with Crippen molar-refractivity contribution in [3.8, 4) is 5.69 Å². The lowest BCUT2D eigenvalue weighted by atomic mass is 9.92. The Labute approximate surface area is 192 Å². The molecule has 2 fully saturated rings. The van der Waals surface area contributed by atoms with Crippen LogP contribution in [0.15, 0.2) is 60.9 Å². The summed E-state index contributed by atoms with van der Waals surface area (Å²) in [5, 5.41) is 10.8. The molecule has 0 amide bonds. The van der Waals surface area contributed by atoms with Crippen LogP contribution in [0.25, 0.3) is 5.69 Å². The molecular formula is C28H35N3O. The summed E-state index contributed by atoms with van der Waals surface area (Å²) in [4.78, 5) is 4.94. The normalized spacial score (nSPS) is 18.9. The van der Waals surface area contributed by atoms with E-state index in [0.717, 1.165) is 69.5 Å². The summed E-state index contributed by atoms with van der Waals surface area (Å²) in [5.74, 6) is 0. The molecule has 168 valence electrons. The molecule has 1 saturated carbocycles. The summed E-state index contributed by atoms with van der Waals surface area (Å²) in [6, 6.07) is 17.6. The minimum atomic E-state index is -0.620. The average Bonchev–Trinajstić information content (AvgIpc) is 3.45. The molecule has 0 unspecified atom stereocenters. The fourth-order valence-corrected chi connectivity index (χ4v) is 5.33. The molecule has 32 heavy (non-hydrogen) atoms. The van der Waals surface area contributed by atoms with Crippen molar-refractivity contribution < 1.29 is 5.11 Å². The van der Waals surface area contributed by atoms with Crippen molar-refractivity contribution in [1.82, 2.24) is 9.47 Å². The second kappa shape index (κ2) is 8.76. The molecule has 1 aliphatic heterocycles. The number of aryl methyl sites for hydroxylation is 1. The first-order chi connectivity index (χ1) is 15.5. The van der Waals surface area contributed by atoms with E-state index in [1.165, 1.54) is 22.4 Å². The van der Waals surface area contributed by atoms with E-state index in [0.29, 0.717) is 0 Å². The maximum atomic E-state index is 10.8. The van der Waals surface area contributed by atoms with Gasteiger partial charge in [0.15, 0.2) is 0 Å². The Bertz CT molecular complexity index is 1050. The zero-order valence-corrected chi connectivity index (χ0v) is 19.4. The van der Waals surface area contributed by atoms with Crippen LogP contribution < -0.4 is 4.90 Å². The monoisotopic (exact) mass is 429 g/mol. The highest BCUT2D eigenvalue weighted by Crippen LogP contribution is 2.38. The van der Waals surface area contributed by atoms with Crippen LogP contribution in [0.3, 0.4) is 0 Å². The van der Waals surface area contributed by atoms with Gasteiger partial charge in [-0.2, -0.15) is 0 Å². The fourth-order valence-electron chi connectivity index (χ4n) is 5.33. The number of piperazine rings is 1. The van der Waals surface area contributed by atoms with Crippen molar-refractivity contribution in [2.45, 2.75) is 44.6 Å². The summed E-state index contributed by atoms with van der Waals surface area (Å²) in [6.45, 7) is 6.60. The van der Waals surface area contributed by atoms with Crippen molar-refractivity contribution in [2.75, 3.05) is 38.1 Å². The van der Waals surface area contributed by atoms with Crippen molar-refractivity contribution in [3.63, 3.8) is 0 Å². The molecule has 1 aromatic heterocycles. The van der Waals surface area contributed by atoms with Gasteiger partial charge in [-0.25, -0.2) is 0 Å². The number of nitrogens with zero attached hydrogens (tertiary/aromatic N) is 3. The third-order valence-electron chi connectivity index (χ3n) is 7.36. The van der Waals surface area contributed by atoms with E-state index in [4.69, 9.17) is 0 Å². The molecule has 2 heterocycles. The van der Waals surface area contributed by atoms with Crippen molar-refractivity contribution in [2.24, 2.45) is 0 Å². The highest BCUT2D eigenvalue weighted by molar-refractivity contribution is 5.57. The smallest absolute Gasteiger partial charge is 0.0896 e. The Morgan fingerprint density at radius 3 is 2.34 bits per heavy atom. The molecule has 1 aliphatic carbocycles. The fraction of sp³-hybridized carbons (Fsp3) is 0.429.